The first-order chi connectivity index (χ1) is 19.0. The second kappa shape index (κ2) is 11.0. The monoisotopic (exact) mass is 598 g/mol. The molecule has 0 bridgehead atoms. The molecule has 40 heavy (non-hydrogen) atoms. The number of rotatable bonds is 7. The molecular formula is C30H29Cl3N4O3. The van der Waals surface area contributed by atoms with E-state index in [4.69, 9.17) is 54.0 Å². The quantitative estimate of drug-likeness (QED) is 0.174. The Morgan fingerprint density at radius 2 is 1.52 bits per heavy atom. The molecule has 0 spiro atoms. The Kier molecular flexibility index (Phi) is 7.75. The molecule has 0 aliphatic carbocycles. The zero-order valence-electron chi connectivity index (χ0n) is 23.3. The van der Waals surface area contributed by atoms with Gasteiger partial charge in [0.2, 0.25) is 5.75 Å². The van der Waals surface area contributed by atoms with Crippen LogP contribution in [-0.4, -0.2) is 38.8 Å². The van der Waals surface area contributed by atoms with Gasteiger partial charge in [0, 0.05) is 23.4 Å². The largest absolute Gasteiger partial charge is 0.486 e. The van der Waals surface area contributed by atoms with E-state index in [1.54, 1.807) is 7.11 Å². The van der Waals surface area contributed by atoms with Gasteiger partial charge in [-0.05, 0) is 63.9 Å². The van der Waals surface area contributed by atoms with Crippen LogP contribution in [0.3, 0.4) is 0 Å². The van der Waals surface area contributed by atoms with E-state index in [0.29, 0.717) is 43.8 Å². The van der Waals surface area contributed by atoms with Crippen LogP contribution < -0.4 is 14.2 Å². The standard InChI is InChI=1S/C30H29Cl3N4O3/c1-14(2)39-27-25(31)19-12-17(8-10-20(19)35-29(27)33)18-9-11-21-24(23(18)22-13-34-16(5)37(22)6)26(32)28(40-15(3)4)30(36-21)38-7/h8-15H,1-7H3. The molecule has 0 saturated carbocycles. The highest BCUT2D eigenvalue weighted by Gasteiger charge is 2.25. The summed E-state index contributed by atoms with van der Waals surface area (Å²) in [4.78, 5) is 13.8. The summed E-state index contributed by atoms with van der Waals surface area (Å²) in [7, 11) is 3.52. The van der Waals surface area contributed by atoms with Crippen LogP contribution >= 0.6 is 34.8 Å². The average Bonchev–Trinajstić information content (AvgIpc) is 3.24. The number of methoxy groups -OCH3 is 1. The van der Waals surface area contributed by atoms with Crippen LogP contribution in [-0.2, 0) is 7.05 Å². The molecule has 7 nitrogen and oxygen atoms in total. The summed E-state index contributed by atoms with van der Waals surface area (Å²) in [6, 6.07) is 9.79. The molecular weight excluding hydrogens is 571 g/mol. The fraction of sp³-hybridized carbons (Fsp3) is 0.300. The van der Waals surface area contributed by atoms with Crippen LogP contribution in [0.2, 0.25) is 15.2 Å². The van der Waals surface area contributed by atoms with Crippen LogP contribution in [0.15, 0.2) is 36.5 Å². The summed E-state index contributed by atoms with van der Waals surface area (Å²) < 4.78 is 19.5. The Morgan fingerprint density at radius 3 is 2.15 bits per heavy atom. The van der Waals surface area contributed by atoms with E-state index in [2.05, 4.69) is 9.97 Å². The van der Waals surface area contributed by atoms with Gasteiger partial charge in [0.05, 0.1) is 52.3 Å². The first-order valence-electron chi connectivity index (χ1n) is 12.8. The molecule has 0 saturated heterocycles. The van der Waals surface area contributed by atoms with E-state index in [1.807, 2.05) is 82.8 Å². The zero-order valence-corrected chi connectivity index (χ0v) is 25.5. The first kappa shape index (κ1) is 28.3. The van der Waals surface area contributed by atoms with Crippen molar-refractivity contribution in [2.75, 3.05) is 7.11 Å². The van der Waals surface area contributed by atoms with Crippen LogP contribution in [0.5, 0.6) is 17.4 Å². The molecule has 0 atom stereocenters. The minimum Gasteiger partial charge on any atom is -0.486 e. The third kappa shape index (κ3) is 4.91. The minimum atomic E-state index is -0.138. The Bertz CT molecular complexity index is 1770. The van der Waals surface area contributed by atoms with E-state index in [9.17, 15) is 0 Å². The number of benzene rings is 2. The van der Waals surface area contributed by atoms with Crippen molar-refractivity contribution in [3.05, 3.63) is 57.6 Å². The predicted octanol–water partition coefficient (Wildman–Crippen LogP) is 8.70. The van der Waals surface area contributed by atoms with Crippen LogP contribution in [0.1, 0.15) is 33.5 Å². The molecule has 0 radical (unpaired) electrons. The van der Waals surface area contributed by atoms with Gasteiger partial charge in [-0.3, -0.25) is 0 Å². The lowest BCUT2D eigenvalue weighted by Crippen LogP contribution is -2.08. The number of fused-ring (bicyclic) bond motifs is 2. The molecule has 0 unspecified atom stereocenters. The molecule has 10 heteroatoms. The highest BCUT2D eigenvalue weighted by atomic mass is 35.5. The fourth-order valence-corrected chi connectivity index (χ4v) is 5.55. The van der Waals surface area contributed by atoms with Crippen molar-refractivity contribution in [1.82, 2.24) is 19.5 Å². The lowest BCUT2D eigenvalue weighted by Gasteiger charge is -2.20. The number of halogens is 3. The van der Waals surface area contributed by atoms with Crippen molar-refractivity contribution in [3.8, 4) is 39.8 Å². The number of pyridine rings is 2. The molecule has 208 valence electrons. The van der Waals surface area contributed by atoms with E-state index in [1.165, 1.54) is 0 Å². The maximum Gasteiger partial charge on any atom is 0.258 e. The van der Waals surface area contributed by atoms with E-state index in [-0.39, 0.29) is 17.4 Å². The second-order valence-electron chi connectivity index (χ2n) is 10.0. The third-order valence-electron chi connectivity index (χ3n) is 6.54. The third-order valence-corrected chi connectivity index (χ3v) is 7.54. The van der Waals surface area contributed by atoms with Crippen molar-refractivity contribution in [2.24, 2.45) is 7.05 Å². The molecule has 2 aromatic carbocycles. The second-order valence-corrected chi connectivity index (χ2v) is 11.1. The maximum atomic E-state index is 7.11. The predicted molar refractivity (Wildman–Crippen MR) is 163 cm³/mol. The molecule has 0 aliphatic heterocycles. The normalized spacial score (nSPS) is 11.7. The summed E-state index contributed by atoms with van der Waals surface area (Å²) in [5.41, 5.74) is 4.83. The van der Waals surface area contributed by atoms with E-state index < -0.39 is 0 Å². The Balaban J connectivity index is 1.86. The molecule has 5 aromatic rings. The van der Waals surface area contributed by atoms with Gasteiger partial charge in [-0.2, -0.15) is 0 Å². The first-order valence-corrected chi connectivity index (χ1v) is 14.0. The van der Waals surface area contributed by atoms with Gasteiger partial charge >= 0.3 is 0 Å². The Hall–Kier alpha value is -3.26. The van der Waals surface area contributed by atoms with E-state index >= 15 is 0 Å². The van der Waals surface area contributed by atoms with E-state index in [0.717, 1.165) is 33.6 Å². The van der Waals surface area contributed by atoms with Crippen LogP contribution in [0.4, 0.5) is 0 Å². The smallest absolute Gasteiger partial charge is 0.258 e. The molecule has 0 aliphatic rings. The SMILES string of the molecule is COc1nc2ccc(-c3ccc4nc(Cl)c(OC(C)C)c(Cl)c4c3)c(-c3cnc(C)n3C)c2c(Cl)c1OC(C)C. The number of ether oxygens (including phenoxy) is 3. The van der Waals surface area contributed by atoms with Gasteiger partial charge in [-0.25, -0.2) is 15.0 Å². The molecule has 3 aromatic heterocycles. The molecule has 0 amide bonds. The van der Waals surface area contributed by atoms with Gasteiger partial charge in [-0.15, -0.1) is 0 Å². The summed E-state index contributed by atoms with van der Waals surface area (Å²) in [5.74, 6) is 1.92. The van der Waals surface area contributed by atoms with Crippen molar-refractivity contribution in [1.29, 1.82) is 0 Å². The van der Waals surface area contributed by atoms with Crippen molar-refractivity contribution in [3.63, 3.8) is 0 Å². The number of imidazole rings is 1. The van der Waals surface area contributed by atoms with Gasteiger partial charge < -0.3 is 18.8 Å². The number of nitrogens with zero attached hydrogens (tertiary/aromatic N) is 4. The van der Waals surface area contributed by atoms with Gasteiger partial charge in [0.25, 0.3) is 5.88 Å². The molecule has 5 rings (SSSR count). The lowest BCUT2D eigenvalue weighted by atomic mass is 9.93. The topological polar surface area (TPSA) is 71.3 Å². The van der Waals surface area contributed by atoms with Crippen molar-refractivity contribution >= 4 is 56.6 Å². The lowest BCUT2D eigenvalue weighted by molar-refractivity contribution is 0.228. The van der Waals surface area contributed by atoms with Gasteiger partial charge in [-0.1, -0.05) is 46.9 Å². The van der Waals surface area contributed by atoms with Gasteiger partial charge in [0.15, 0.2) is 10.9 Å². The Morgan fingerprint density at radius 1 is 0.850 bits per heavy atom. The average molecular weight is 600 g/mol. The number of aryl methyl sites for hydroxylation is 1. The maximum absolute atomic E-state index is 7.11. The minimum absolute atomic E-state index is 0.119. The molecule has 3 heterocycles. The van der Waals surface area contributed by atoms with Crippen molar-refractivity contribution in [2.45, 2.75) is 46.8 Å². The number of aromatic nitrogens is 4. The highest BCUT2D eigenvalue weighted by Crippen LogP contribution is 2.47. The molecule has 0 N–H and O–H groups in total. The summed E-state index contributed by atoms with van der Waals surface area (Å²) in [5, 5.41) is 2.48. The summed E-state index contributed by atoms with van der Waals surface area (Å²) in [6.07, 6.45) is 1.58. The van der Waals surface area contributed by atoms with Crippen molar-refractivity contribution < 1.29 is 14.2 Å². The molecule has 0 fully saturated rings. The fourth-order valence-electron chi connectivity index (χ4n) is 4.67. The summed E-state index contributed by atoms with van der Waals surface area (Å²) >= 11 is 20.4. The van der Waals surface area contributed by atoms with Crippen LogP contribution in [0, 0.1) is 6.92 Å². The van der Waals surface area contributed by atoms with Crippen LogP contribution in [0.25, 0.3) is 44.2 Å². The number of hydrogen-bond acceptors (Lipinski definition) is 6. The number of hydrogen-bond donors (Lipinski definition) is 0. The highest BCUT2D eigenvalue weighted by molar-refractivity contribution is 6.40. The zero-order chi connectivity index (χ0) is 28.9. The summed E-state index contributed by atoms with van der Waals surface area (Å²) in [6.45, 7) is 9.63. The van der Waals surface area contributed by atoms with Gasteiger partial charge in [0.1, 0.15) is 5.82 Å². The Labute approximate surface area is 248 Å².